The highest BCUT2D eigenvalue weighted by atomic mass is 16.4. The minimum atomic E-state index is -0.963. The smallest absolute Gasteiger partial charge is 0.351 e. The largest absolute Gasteiger partial charge is 0.481 e. The minimum absolute atomic E-state index is 0.0516. The molecule has 2 aromatic rings. The van der Waals surface area contributed by atoms with Crippen molar-refractivity contribution in [3.8, 4) is 0 Å². The third-order valence-corrected chi connectivity index (χ3v) is 2.41. The zero-order valence-electron chi connectivity index (χ0n) is 9.54. The molecule has 0 saturated heterocycles. The normalized spacial score (nSPS) is 10.9. The number of fused-ring (bicyclic) bond motifs is 1. The van der Waals surface area contributed by atoms with Gasteiger partial charge in [-0.15, -0.1) is 5.10 Å². The van der Waals surface area contributed by atoms with Crippen LogP contribution in [0.3, 0.4) is 0 Å². The quantitative estimate of drug-likeness (QED) is 0.809. The number of nitrogens with zero attached hydrogens (tertiary/aromatic N) is 4. The summed E-state index contributed by atoms with van der Waals surface area (Å²) in [6.07, 6.45) is -0.137. The van der Waals surface area contributed by atoms with Gasteiger partial charge >= 0.3 is 11.7 Å². The van der Waals surface area contributed by atoms with E-state index < -0.39 is 5.97 Å². The van der Waals surface area contributed by atoms with Gasteiger partial charge in [-0.1, -0.05) is 0 Å². The van der Waals surface area contributed by atoms with Crippen LogP contribution in [0.15, 0.2) is 10.9 Å². The third-order valence-electron chi connectivity index (χ3n) is 2.41. The first-order valence-electron chi connectivity index (χ1n) is 5.14. The van der Waals surface area contributed by atoms with Crippen molar-refractivity contribution in [2.45, 2.75) is 26.8 Å². The predicted octanol–water partition coefficient (Wildman–Crippen LogP) is -0.0175. The summed E-state index contributed by atoms with van der Waals surface area (Å²) in [5, 5.41) is 12.6. The molecule has 0 saturated carbocycles. The Hall–Kier alpha value is -2.18. The van der Waals surface area contributed by atoms with E-state index in [-0.39, 0.29) is 18.7 Å². The van der Waals surface area contributed by atoms with Crippen LogP contribution in [0.2, 0.25) is 0 Å². The summed E-state index contributed by atoms with van der Waals surface area (Å²) >= 11 is 0. The number of aliphatic carboxylic acids is 1. The summed E-state index contributed by atoms with van der Waals surface area (Å²) in [7, 11) is 0. The number of rotatable bonds is 3. The van der Waals surface area contributed by atoms with E-state index in [1.165, 1.54) is 4.40 Å². The Bertz CT molecular complexity index is 641. The minimum Gasteiger partial charge on any atom is -0.481 e. The van der Waals surface area contributed by atoms with Gasteiger partial charge in [-0.25, -0.2) is 18.9 Å². The molecule has 0 atom stereocenters. The van der Waals surface area contributed by atoms with Crippen LogP contribution >= 0.6 is 0 Å². The Labute approximate surface area is 96.3 Å². The molecule has 0 aliphatic heterocycles. The van der Waals surface area contributed by atoms with Crippen molar-refractivity contribution in [1.82, 2.24) is 19.2 Å². The molecule has 2 rings (SSSR count). The third kappa shape index (κ3) is 2.03. The highest BCUT2D eigenvalue weighted by molar-refractivity contribution is 5.66. The second-order valence-corrected chi connectivity index (χ2v) is 3.82. The van der Waals surface area contributed by atoms with Crippen LogP contribution in [-0.2, 0) is 11.3 Å². The zero-order chi connectivity index (χ0) is 12.6. The average Bonchev–Trinajstić information content (AvgIpc) is 2.52. The molecule has 7 heteroatoms. The van der Waals surface area contributed by atoms with Crippen molar-refractivity contribution in [2.75, 3.05) is 0 Å². The number of hydrogen-bond acceptors (Lipinski definition) is 4. The molecule has 0 aliphatic rings. The molecule has 7 nitrogen and oxygen atoms in total. The van der Waals surface area contributed by atoms with Crippen molar-refractivity contribution >= 4 is 11.7 Å². The van der Waals surface area contributed by atoms with Gasteiger partial charge in [0.2, 0.25) is 0 Å². The van der Waals surface area contributed by atoms with Crippen LogP contribution in [0.25, 0.3) is 5.78 Å². The standard InChI is InChI=1S/C10H12N4O3/c1-6-5-7(2)14-9(11-6)12-13(10(14)17)4-3-8(15)16/h5H,3-4H2,1-2H3,(H,15,16). The van der Waals surface area contributed by atoms with Gasteiger partial charge in [-0.2, -0.15) is 0 Å². The number of aromatic nitrogens is 4. The lowest BCUT2D eigenvalue weighted by atomic mass is 10.3. The maximum absolute atomic E-state index is 11.9. The molecule has 2 aromatic heterocycles. The fourth-order valence-electron chi connectivity index (χ4n) is 1.68. The van der Waals surface area contributed by atoms with Crippen LogP contribution in [0.1, 0.15) is 17.8 Å². The summed E-state index contributed by atoms with van der Waals surface area (Å²) in [5.74, 6) is -0.660. The molecule has 0 fully saturated rings. The molecule has 0 radical (unpaired) electrons. The lowest BCUT2D eigenvalue weighted by molar-refractivity contribution is -0.137. The highest BCUT2D eigenvalue weighted by Crippen LogP contribution is 2.02. The molecule has 0 unspecified atom stereocenters. The summed E-state index contributed by atoms with van der Waals surface area (Å²) < 4.78 is 2.50. The van der Waals surface area contributed by atoms with E-state index in [0.29, 0.717) is 5.78 Å². The van der Waals surface area contributed by atoms with Gasteiger partial charge in [0.05, 0.1) is 13.0 Å². The Morgan fingerprint density at radius 2 is 2.18 bits per heavy atom. The fraction of sp³-hybridized carbons (Fsp3) is 0.400. The summed E-state index contributed by atoms with van der Waals surface area (Å²) in [4.78, 5) is 26.5. The van der Waals surface area contributed by atoms with Gasteiger partial charge in [0.25, 0.3) is 5.78 Å². The van der Waals surface area contributed by atoms with Gasteiger partial charge in [0, 0.05) is 11.4 Å². The first-order chi connectivity index (χ1) is 7.99. The molecule has 0 bridgehead atoms. The maximum Gasteiger partial charge on any atom is 0.351 e. The van der Waals surface area contributed by atoms with Gasteiger partial charge in [0.15, 0.2) is 0 Å². The van der Waals surface area contributed by atoms with Crippen LogP contribution in [0.5, 0.6) is 0 Å². The summed E-state index contributed by atoms with van der Waals surface area (Å²) in [5.41, 5.74) is 1.15. The molecular formula is C10H12N4O3. The Kier molecular flexibility index (Phi) is 2.66. The second kappa shape index (κ2) is 4.00. The molecule has 0 aromatic carbocycles. The Balaban J connectivity index is 2.53. The molecular weight excluding hydrogens is 224 g/mol. The summed E-state index contributed by atoms with van der Waals surface area (Å²) in [6, 6.07) is 1.78. The van der Waals surface area contributed by atoms with Gasteiger partial charge < -0.3 is 5.11 Å². The highest BCUT2D eigenvalue weighted by Gasteiger charge is 2.11. The van der Waals surface area contributed by atoms with E-state index in [1.54, 1.807) is 13.0 Å². The van der Waals surface area contributed by atoms with Crippen LogP contribution < -0.4 is 5.69 Å². The lowest BCUT2D eigenvalue weighted by Gasteiger charge is -1.97. The Morgan fingerprint density at radius 1 is 1.47 bits per heavy atom. The molecule has 1 N–H and O–H groups in total. The molecule has 0 spiro atoms. The van der Waals surface area contributed by atoms with Crippen LogP contribution in [-0.4, -0.2) is 30.2 Å². The maximum atomic E-state index is 11.9. The summed E-state index contributed by atoms with van der Waals surface area (Å²) in [6.45, 7) is 3.65. The topological polar surface area (TPSA) is 89.5 Å². The SMILES string of the molecule is Cc1cc(C)n2c(=O)n(CCC(=O)O)nc2n1. The van der Waals surface area contributed by atoms with Crippen molar-refractivity contribution in [3.05, 3.63) is 27.9 Å². The monoisotopic (exact) mass is 236 g/mol. The molecule has 0 aliphatic carbocycles. The molecule has 17 heavy (non-hydrogen) atoms. The molecule has 0 amide bonds. The van der Waals surface area contributed by atoms with Gasteiger partial charge in [0.1, 0.15) is 0 Å². The van der Waals surface area contributed by atoms with Crippen LogP contribution in [0, 0.1) is 13.8 Å². The predicted molar refractivity (Wildman–Crippen MR) is 59.0 cm³/mol. The molecule has 2 heterocycles. The first kappa shape index (κ1) is 11.3. The average molecular weight is 236 g/mol. The number of carbonyl (C=O) groups is 1. The molecule has 90 valence electrons. The second-order valence-electron chi connectivity index (χ2n) is 3.82. The number of aryl methyl sites for hydroxylation is 3. The number of hydrogen-bond donors (Lipinski definition) is 1. The lowest BCUT2D eigenvalue weighted by Crippen LogP contribution is -2.23. The van der Waals surface area contributed by atoms with Gasteiger partial charge in [-0.3, -0.25) is 4.79 Å². The zero-order valence-corrected chi connectivity index (χ0v) is 9.54. The van der Waals surface area contributed by atoms with E-state index in [0.717, 1.165) is 16.1 Å². The van der Waals surface area contributed by atoms with E-state index in [9.17, 15) is 9.59 Å². The van der Waals surface area contributed by atoms with Crippen molar-refractivity contribution < 1.29 is 9.90 Å². The van der Waals surface area contributed by atoms with Crippen LogP contribution in [0.4, 0.5) is 0 Å². The van der Waals surface area contributed by atoms with Crippen molar-refractivity contribution in [2.24, 2.45) is 0 Å². The number of carboxylic acids is 1. The van der Waals surface area contributed by atoms with Gasteiger partial charge in [-0.05, 0) is 19.9 Å². The van der Waals surface area contributed by atoms with E-state index in [1.807, 2.05) is 6.92 Å². The number of carboxylic acid groups (broad SMARTS) is 1. The van der Waals surface area contributed by atoms with E-state index >= 15 is 0 Å². The van der Waals surface area contributed by atoms with Crippen molar-refractivity contribution in [3.63, 3.8) is 0 Å². The fourth-order valence-corrected chi connectivity index (χ4v) is 1.68. The van der Waals surface area contributed by atoms with E-state index in [2.05, 4.69) is 10.1 Å². The van der Waals surface area contributed by atoms with Crippen molar-refractivity contribution in [1.29, 1.82) is 0 Å². The first-order valence-corrected chi connectivity index (χ1v) is 5.14. The van der Waals surface area contributed by atoms with E-state index in [4.69, 9.17) is 5.11 Å². The Morgan fingerprint density at radius 3 is 2.82 bits per heavy atom.